The summed E-state index contributed by atoms with van der Waals surface area (Å²) >= 11 is 3.03. The second-order valence-electron chi connectivity index (χ2n) is 12.8. The van der Waals surface area contributed by atoms with Crippen LogP contribution in [-0.2, 0) is 19.0 Å². The molecule has 0 saturated heterocycles. The van der Waals surface area contributed by atoms with Gasteiger partial charge in [-0.2, -0.15) is 11.8 Å². The SMILES string of the molecule is COC(=O)[C@@H](CC(SC)C(=O)c1ccccc1N)NCC(CSC(c1ccccc1)(c1ccccc1)c1ccccc1)NC(=O)OC(C)(C)C. The van der Waals surface area contributed by atoms with Crippen LogP contribution < -0.4 is 16.4 Å². The zero-order valence-electron chi connectivity index (χ0n) is 29.3. The number of anilines is 1. The van der Waals surface area contributed by atoms with Crippen LogP contribution in [-0.4, -0.2) is 66.4 Å². The van der Waals surface area contributed by atoms with Crippen molar-refractivity contribution in [2.24, 2.45) is 0 Å². The maximum Gasteiger partial charge on any atom is 0.407 e. The Hall–Kier alpha value is -4.25. The van der Waals surface area contributed by atoms with Crippen LogP contribution in [0.15, 0.2) is 115 Å². The van der Waals surface area contributed by atoms with Crippen molar-refractivity contribution in [1.82, 2.24) is 10.6 Å². The van der Waals surface area contributed by atoms with Crippen molar-refractivity contribution in [3.05, 3.63) is 138 Å². The van der Waals surface area contributed by atoms with Gasteiger partial charge in [0.05, 0.1) is 23.1 Å². The first-order valence-corrected chi connectivity index (χ1v) is 18.8. The van der Waals surface area contributed by atoms with Crippen LogP contribution in [0, 0.1) is 0 Å². The first-order chi connectivity index (χ1) is 24.0. The molecule has 4 aromatic rings. The van der Waals surface area contributed by atoms with Gasteiger partial charge in [0, 0.05) is 23.5 Å². The molecular weight excluding hydrogens is 667 g/mol. The van der Waals surface area contributed by atoms with E-state index in [-0.39, 0.29) is 18.7 Å². The largest absolute Gasteiger partial charge is 0.468 e. The number of para-hydroxylation sites is 1. The van der Waals surface area contributed by atoms with Crippen LogP contribution in [0.4, 0.5) is 10.5 Å². The van der Waals surface area contributed by atoms with E-state index in [2.05, 4.69) is 47.0 Å². The molecule has 0 saturated carbocycles. The molecule has 0 aliphatic carbocycles. The van der Waals surface area contributed by atoms with Crippen LogP contribution in [0.3, 0.4) is 0 Å². The number of benzene rings is 4. The molecule has 0 heterocycles. The Morgan fingerprint density at radius 1 is 0.780 bits per heavy atom. The molecule has 50 heavy (non-hydrogen) atoms. The lowest BCUT2D eigenvalue weighted by Crippen LogP contribution is -2.51. The van der Waals surface area contributed by atoms with Crippen molar-refractivity contribution >= 4 is 47.1 Å². The molecule has 8 nitrogen and oxygen atoms in total. The normalized spacial score (nSPS) is 13.5. The number of Topliss-reactive ketones (excluding diaryl/α,β-unsaturated/α-hetero) is 1. The topological polar surface area (TPSA) is 120 Å². The smallest absolute Gasteiger partial charge is 0.407 e. The van der Waals surface area contributed by atoms with Crippen molar-refractivity contribution in [2.75, 3.05) is 31.4 Å². The molecule has 0 spiro atoms. The van der Waals surface area contributed by atoms with Gasteiger partial charge in [-0.15, -0.1) is 11.8 Å². The number of hydrogen-bond donors (Lipinski definition) is 3. The minimum Gasteiger partial charge on any atom is -0.468 e. The standard InChI is InChI=1S/C40H47N3O5S2/c1-39(2,3)48-38(46)43-31(26-42-34(37(45)47-4)25-35(49-5)36(44)32-23-15-16-24-33(32)41)27-50-40(28-17-9-6-10-18-28,29-19-11-7-12-20-29)30-21-13-8-14-22-30/h6-24,31,34-35,42H,25-27,41H2,1-5H3,(H,43,46)/t31?,34-,35?/m1/s1. The monoisotopic (exact) mass is 713 g/mol. The molecule has 0 aliphatic heterocycles. The number of nitrogens with one attached hydrogen (secondary N) is 2. The molecule has 3 atom stereocenters. The summed E-state index contributed by atoms with van der Waals surface area (Å²) in [6.45, 7) is 5.63. The molecule has 2 unspecified atom stereocenters. The molecule has 0 aliphatic rings. The number of thioether (sulfide) groups is 2. The predicted molar refractivity (Wildman–Crippen MR) is 206 cm³/mol. The van der Waals surface area contributed by atoms with E-state index in [9.17, 15) is 14.4 Å². The molecule has 4 aromatic carbocycles. The summed E-state index contributed by atoms with van der Waals surface area (Å²) in [5.41, 5.74) is 9.46. The molecule has 1 amide bonds. The van der Waals surface area contributed by atoms with Crippen molar-refractivity contribution in [3.63, 3.8) is 0 Å². The number of carbonyl (C=O) groups is 3. The Morgan fingerprint density at radius 3 is 1.74 bits per heavy atom. The van der Waals surface area contributed by atoms with Crippen LogP contribution in [0.5, 0.6) is 0 Å². The minimum atomic E-state index is -0.832. The Balaban J connectivity index is 1.66. The van der Waals surface area contributed by atoms with E-state index in [1.807, 2.05) is 81.6 Å². The van der Waals surface area contributed by atoms with E-state index in [4.69, 9.17) is 15.2 Å². The molecule has 0 radical (unpaired) electrons. The number of alkyl carbamates (subject to hydrolysis) is 1. The van der Waals surface area contributed by atoms with Crippen molar-refractivity contribution in [2.45, 2.75) is 54.9 Å². The minimum absolute atomic E-state index is 0.162. The van der Waals surface area contributed by atoms with Crippen molar-refractivity contribution in [3.8, 4) is 0 Å². The molecule has 4 rings (SSSR count). The van der Waals surface area contributed by atoms with E-state index < -0.39 is 39.7 Å². The second kappa shape index (κ2) is 18.1. The van der Waals surface area contributed by atoms with Gasteiger partial charge in [-0.25, -0.2) is 4.79 Å². The van der Waals surface area contributed by atoms with E-state index in [0.29, 0.717) is 17.0 Å². The highest BCUT2D eigenvalue weighted by Crippen LogP contribution is 2.48. The van der Waals surface area contributed by atoms with Crippen LogP contribution in [0.25, 0.3) is 0 Å². The number of amides is 1. The highest BCUT2D eigenvalue weighted by atomic mass is 32.2. The molecule has 4 N–H and O–H groups in total. The highest BCUT2D eigenvalue weighted by molar-refractivity contribution is 8.00. The summed E-state index contributed by atoms with van der Waals surface area (Å²) in [6.07, 6.45) is 1.42. The van der Waals surface area contributed by atoms with E-state index >= 15 is 0 Å². The van der Waals surface area contributed by atoms with Crippen LogP contribution >= 0.6 is 23.5 Å². The lowest BCUT2D eigenvalue weighted by Gasteiger charge is -2.37. The fraction of sp³-hybridized carbons (Fsp3) is 0.325. The second-order valence-corrected chi connectivity index (χ2v) is 15.1. The summed E-state index contributed by atoms with van der Waals surface area (Å²) < 4.78 is 10.2. The predicted octanol–water partition coefficient (Wildman–Crippen LogP) is 7.32. The Bertz CT molecular complexity index is 1590. The van der Waals surface area contributed by atoms with E-state index in [0.717, 1.165) is 16.7 Å². The molecular formula is C40H47N3O5S2. The van der Waals surface area contributed by atoms with Gasteiger partial charge in [0.25, 0.3) is 0 Å². The molecule has 0 bridgehead atoms. The number of ketones is 1. The lowest BCUT2D eigenvalue weighted by atomic mass is 9.84. The maximum atomic E-state index is 13.5. The molecule has 10 heteroatoms. The van der Waals surface area contributed by atoms with Gasteiger partial charge >= 0.3 is 12.1 Å². The molecule has 0 fully saturated rings. The average Bonchev–Trinajstić information content (AvgIpc) is 3.12. The fourth-order valence-electron chi connectivity index (χ4n) is 5.73. The van der Waals surface area contributed by atoms with E-state index in [1.165, 1.54) is 18.9 Å². The van der Waals surface area contributed by atoms with Gasteiger partial charge in [0.1, 0.15) is 11.6 Å². The average molecular weight is 714 g/mol. The first-order valence-electron chi connectivity index (χ1n) is 16.5. The summed E-state index contributed by atoms with van der Waals surface area (Å²) in [6, 6.07) is 36.5. The fourth-order valence-corrected chi connectivity index (χ4v) is 8.02. The lowest BCUT2D eigenvalue weighted by molar-refractivity contribution is -0.143. The number of ether oxygens (including phenoxy) is 2. The number of methoxy groups -OCH3 is 1. The van der Waals surface area contributed by atoms with Crippen LogP contribution in [0.1, 0.15) is 54.2 Å². The zero-order valence-corrected chi connectivity index (χ0v) is 30.9. The summed E-state index contributed by atoms with van der Waals surface area (Å²) in [5, 5.41) is 5.81. The number of hydrogen-bond acceptors (Lipinski definition) is 9. The van der Waals surface area contributed by atoms with Gasteiger partial charge in [-0.3, -0.25) is 9.59 Å². The molecule has 264 valence electrons. The van der Waals surface area contributed by atoms with Gasteiger partial charge in [-0.1, -0.05) is 103 Å². The Kier molecular flexibility index (Phi) is 14.0. The summed E-state index contributed by atoms with van der Waals surface area (Å²) in [4.78, 5) is 39.9. The quantitative estimate of drug-likeness (QED) is 0.0475. The zero-order chi connectivity index (χ0) is 36.1. The van der Waals surface area contributed by atoms with Gasteiger partial charge in [-0.05, 0) is 62.3 Å². The Morgan fingerprint density at radius 2 is 1.28 bits per heavy atom. The summed E-state index contributed by atoms with van der Waals surface area (Å²) in [7, 11) is 1.32. The molecule has 0 aromatic heterocycles. The first kappa shape index (κ1) is 38.6. The number of nitrogens with two attached hydrogens (primary N) is 1. The van der Waals surface area contributed by atoms with Gasteiger partial charge < -0.3 is 25.8 Å². The third kappa shape index (κ3) is 10.2. The van der Waals surface area contributed by atoms with Crippen molar-refractivity contribution in [1.29, 1.82) is 0 Å². The van der Waals surface area contributed by atoms with Crippen molar-refractivity contribution < 1.29 is 23.9 Å². The number of nitrogen functional groups attached to an aromatic ring is 1. The van der Waals surface area contributed by atoms with Gasteiger partial charge in [0.15, 0.2) is 5.78 Å². The number of esters is 1. The number of carbonyl (C=O) groups excluding carboxylic acids is 3. The van der Waals surface area contributed by atoms with Crippen LogP contribution in [0.2, 0.25) is 0 Å². The maximum absolute atomic E-state index is 13.5. The summed E-state index contributed by atoms with van der Waals surface area (Å²) in [5.74, 6) is -0.234. The highest BCUT2D eigenvalue weighted by Gasteiger charge is 2.38. The van der Waals surface area contributed by atoms with Gasteiger partial charge in [0.2, 0.25) is 0 Å². The third-order valence-electron chi connectivity index (χ3n) is 8.11. The van der Waals surface area contributed by atoms with E-state index in [1.54, 1.807) is 36.0 Å². The Labute approximate surface area is 304 Å². The number of rotatable bonds is 16. The third-order valence-corrected chi connectivity index (χ3v) is 10.8.